The molecule has 1 aromatic rings. The number of carboxylic acid groups (broad SMARTS) is 1. The van der Waals surface area contributed by atoms with E-state index < -0.39 is 5.97 Å². The van der Waals surface area contributed by atoms with Crippen molar-refractivity contribution in [1.82, 2.24) is 5.32 Å². The van der Waals surface area contributed by atoms with Crippen LogP contribution in [0.1, 0.15) is 44.7 Å². The van der Waals surface area contributed by atoms with Gasteiger partial charge in [0.15, 0.2) is 0 Å². The van der Waals surface area contributed by atoms with Crippen LogP contribution < -0.4 is 5.32 Å². The third-order valence-electron chi connectivity index (χ3n) is 3.38. The lowest BCUT2D eigenvalue weighted by Gasteiger charge is -2.27. The monoisotopic (exact) mass is 249 g/mol. The molecule has 3 heteroatoms. The third kappa shape index (κ3) is 4.49. The van der Waals surface area contributed by atoms with Crippen LogP contribution in [0.2, 0.25) is 0 Å². The smallest absolute Gasteiger partial charge is 0.304 e. The van der Waals surface area contributed by atoms with E-state index in [1.165, 1.54) is 5.56 Å². The summed E-state index contributed by atoms with van der Waals surface area (Å²) in [7, 11) is 0. The highest BCUT2D eigenvalue weighted by Crippen LogP contribution is 2.27. The Bertz CT molecular complexity index is 347. The van der Waals surface area contributed by atoms with Crippen LogP contribution >= 0.6 is 0 Å². The zero-order valence-corrected chi connectivity index (χ0v) is 11.2. The van der Waals surface area contributed by atoms with Crippen LogP contribution in [0.15, 0.2) is 30.3 Å². The molecule has 2 N–H and O–H groups in total. The molecule has 18 heavy (non-hydrogen) atoms. The van der Waals surface area contributed by atoms with Gasteiger partial charge in [0, 0.05) is 12.6 Å². The van der Waals surface area contributed by atoms with Gasteiger partial charge in [-0.3, -0.25) is 4.79 Å². The summed E-state index contributed by atoms with van der Waals surface area (Å²) in [6.45, 7) is 4.89. The van der Waals surface area contributed by atoms with Gasteiger partial charge in [0.25, 0.3) is 0 Å². The first kappa shape index (κ1) is 14.7. The number of carboxylic acids is 1. The van der Waals surface area contributed by atoms with E-state index >= 15 is 0 Å². The molecule has 0 heterocycles. The van der Waals surface area contributed by atoms with E-state index in [0.29, 0.717) is 12.5 Å². The molecule has 0 radical (unpaired) electrons. The van der Waals surface area contributed by atoms with E-state index in [1.807, 2.05) is 18.2 Å². The minimum absolute atomic E-state index is 0.170. The van der Waals surface area contributed by atoms with Crippen molar-refractivity contribution in [3.63, 3.8) is 0 Å². The Morgan fingerprint density at radius 3 is 2.33 bits per heavy atom. The summed E-state index contributed by atoms with van der Waals surface area (Å²) in [6, 6.07) is 10.5. The Balaban J connectivity index is 2.72. The molecule has 3 nitrogen and oxygen atoms in total. The van der Waals surface area contributed by atoms with Gasteiger partial charge in [0.05, 0.1) is 6.42 Å². The number of aliphatic carboxylic acids is 1. The number of benzene rings is 1. The number of carbonyl (C=O) groups is 1. The third-order valence-corrected chi connectivity index (χ3v) is 3.38. The Labute approximate surface area is 109 Å². The van der Waals surface area contributed by atoms with Crippen molar-refractivity contribution < 1.29 is 9.90 Å². The van der Waals surface area contributed by atoms with Gasteiger partial charge in [-0.15, -0.1) is 0 Å². The Morgan fingerprint density at radius 2 is 1.83 bits per heavy atom. The molecule has 0 saturated carbocycles. The first-order valence-corrected chi connectivity index (χ1v) is 6.69. The fourth-order valence-corrected chi connectivity index (χ4v) is 2.31. The molecule has 0 aromatic heterocycles. The lowest BCUT2D eigenvalue weighted by atomic mass is 9.89. The van der Waals surface area contributed by atoms with E-state index in [-0.39, 0.29) is 12.5 Å². The second-order valence-electron chi connectivity index (χ2n) is 4.56. The number of hydrogen-bond donors (Lipinski definition) is 2. The van der Waals surface area contributed by atoms with Gasteiger partial charge in [-0.25, -0.2) is 0 Å². The maximum atomic E-state index is 10.6. The van der Waals surface area contributed by atoms with Crippen molar-refractivity contribution in [2.75, 3.05) is 6.54 Å². The minimum Gasteiger partial charge on any atom is -0.481 e. The van der Waals surface area contributed by atoms with Crippen LogP contribution in [0, 0.1) is 5.92 Å². The predicted octanol–water partition coefficient (Wildman–Crippen LogP) is 3.23. The standard InChI is InChI=1S/C15H23NO2/c1-3-12(4-2)15(16-11-10-14(17)18)13-8-6-5-7-9-13/h5-9,12,15-16H,3-4,10-11H2,1-2H3,(H,17,18). The van der Waals surface area contributed by atoms with Crippen molar-refractivity contribution in [2.45, 2.75) is 39.2 Å². The maximum Gasteiger partial charge on any atom is 0.304 e. The molecular formula is C15H23NO2. The summed E-state index contributed by atoms with van der Waals surface area (Å²) < 4.78 is 0. The summed E-state index contributed by atoms with van der Waals surface area (Å²) in [5, 5.41) is 12.1. The van der Waals surface area contributed by atoms with Gasteiger partial charge in [-0.1, -0.05) is 57.0 Å². The van der Waals surface area contributed by atoms with Crippen molar-refractivity contribution >= 4 is 5.97 Å². The highest BCUT2D eigenvalue weighted by molar-refractivity contribution is 5.66. The van der Waals surface area contributed by atoms with E-state index in [4.69, 9.17) is 5.11 Å². The highest BCUT2D eigenvalue weighted by atomic mass is 16.4. The number of rotatable bonds is 8. The molecule has 1 unspecified atom stereocenters. The zero-order valence-electron chi connectivity index (χ0n) is 11.2. The largest absolute Gasteiger partial charge is 0.481 e. The number of hydrogen-bond acceptors (Lipinski definition) is 2. The molecule has 0 bridgehead atoms. The van der Waals surface area contributed by atoms with Gasteiger partial charge in [-0.05, 0) is 11.5 Å². The molecule has 0 aliphatic carbocycles. The average molecular weight is 249 g/mol. The molecule has 1 aromatic carbocycles. The van der Waals surface area contributed by atoms with Gasteiger partial charge in [-0.2, -0.15) is 0 Å². The lowest BCUT2D eigenvalue weighted by molar-refractivity contribution is -0.136. The van der Waals surface area contributed by atoms with E-state index in [9.17, 15) is 4.79 Å². The van der Waals surface area contributed by atoms with Crippen molar-refractivity contribution in [1.29, 1.82) is 0 Å². The van der Waals surface area contributed by atoms with Crippen molar-refractivity contribution in [3.8, 4) is 0 Å². The van der Waals surface area contributed by atoms with Crippen molar-refractivity contribution in [3.05, 3.63) is 35.9 Å². The average Bonchev–Trinajstić information content (AvgIpc) is 2.39. The van der Waals surface area contributed by atoms with Gasteiger partial charge in [0.2, 0.25) is 0 Å². The molecule has 100 valence electrons. The van der Waals surface area contributed by atoms with Gasteiger partial charge < -0.3 is 10.4 Å². The molecule has 0 aliphatic rings. The predicted molar refractivity (Wildman–Crippen MR) is 73.5 cm³/mol. The summed E-state index contributed by atoms with van der Waals surface area (Å²) in [5.41, 5.74) is 1.25. The number of nitrogens with one attached hydrogen (secondary N) is 1. The minimum atomic E-state index is -0.751. The normalized spacial score (nSPS) is 12.6. The van der Waals surface area contributed by atoms with Crippen molar-refractivity contribution in [2.24, 2.45) is 5.92 Å². The van der Waals surface area contributed by atoms with Gasteiger partial charge >= 0.3 is 5.97 Å². The van der Waals surface area contributed by atoms with Crippen LogP contribution in [0.3, 0.4) is 0 Å². The van der Waals surface area contributed by atoms with Crippen LogP contribution in [-0.4, -0.2) is 17.6 Å². The Kier molecular flexibility index (Phi) is 6.44. The summed E-state index contributed by atoms with van der Waals surface area (Å²) >= 11 is 0. The molecule has 1 atom stereocenters. The Hall–Kier alpha value is -1.35. The first-order valence-electron chi connectivity index (χ1n) is 6.69. The quantitative estimate of drug-likeness (QED) is 0.743. The SMILES string of the molecule is CCC(CC)C(NCCC(=O)O)c1ccccc1. The molecular weight excluding hydrogens is 226 g/mol. The van der Waals surface area contributed by atoms with E-state index in [1.54, 1.807) is 0 Å². The summed E-state index contributed by atoms with van der Waals surface area (Å²) in [6.07, 6.45) is 2.36. The maximum absolute atomic E-state index is 10.6. The summed E-state index contributed by atoms with van der Waals surface area (Å²) in [5.74, 6) is -0.208. The fourth-order valence-electron chi connectivity index (χ4n) is 2.31. The Morgan fingerprint density at radius 1 is 1.22 bits per heavy atom. The lowest BCUT2D eigenvalue weighted by Crippen LogP contribution is -2.29. The van der Waals surface area contributed by atoms with Crippen LogP contribution in [0.25, 0.3) is 0 Å². The summed E-state index contributed by atoms with van der Waals surface area (Å²) in [4.78, 5) is 10.6. The van der Waals surface area contributed by atoms with E-state index in [2.05, 4.69) is 31.3 Å². The fraction of sp³-hybridized carbons (Fsp3) is 0.533. The second kappa shape index (κ2) is 7.88. The molecule has 0 fully saturated rings. The van der Waals surface area contributed by atoms with Crippen LogP contribution in [0.5, 0.6) is 0 Å². The van der Waals surface area contributed by atoms with Gasteiger partial charge in [0.1, 0.15) is 0 Å². The van der Waals surface area contributed by atoms with Crippen LogP contribution in [-0.2, 0) is 4.79 Å². The molecule has 0 spiro atoms. The zero-order chi connectivity index (χ0) is 13.4. The second-order valence-corrected chi connectivity index (χ2v) is 4.56. The molecule has 1 rings (SSSR count). The molecule has 0 aliphatic heterocycles. The molecule has 0 amide bonds. The molecule has 0 saturated heterocycles. The topological polar surface area (TPSA) is 49.3 Å². The first-order chi connectivity index (χ1) is 8.69. The van der Waals surface area contributed by atoms with Crippen LogP contribution in [0.4, 0.5) is 0 Å². The van der Waals surface area contributed by atoms with E-state index in [0.717, 1.165) is 12.8 Å². The highest BCUT2D eigenvalue weighted by Gasteiger charge is 2.19.